The van der Waals surface area contributed by atoms with Crippen LogP contribution in [-0.4, -0.2) is 43.4 Å². The molecular formula is C29H28N6O6S2. The number of benzene rings is 3. The van der Waals surface area contributed by atoms with Gasteiger partial charge in [0.2, 0.25) is 5.91 Å². The van der Waals surface area contributed by atoms with Crippen molar-refractivity contribution in [1.29, 1.82) is 0 Å². The molecule has 5 rings (SSSR count). The van der Waals surface area contributed by atoms with E-state index in [4.69, 9.17) is 21.5 Å². The normalized spacial score (nSPS) is 15.7. The zero-order valence-corrected chi connectivity index (χ0v) is 25.1. The molecule has 2 heterocycles. The number of para-hydroxylation sites is 1. The number of hydrogen-bond donors (Lipinski definition) is 1. The van der Waals surface area contributed by atoms with E-state index in [0.29, 0.717) is 17.1 Å². The number of ether oxygens (including phenoxy) is 1. The van der Waals surface area contributed by atoms with Gasteiger partial charge in [-0.1, -0.05) is 35.9 Å². The zero-order valence-electron chi connectivity index (χ0n) is 23.5. The van der Waals surface area contributed by atoms with Gasteiger partial charge in [-0.15, -0.1) is 4.40 Å². The second kappa shape index (κ2) is 12.2. The van der Waals surface area contributed by atoms with Crippen molar-refractivity contribution in [2.24, 2.45) is 11.4 Å². The fourth-order valence-electron chi connectivity index (χ4n) is 4.50. The Morgan fingerprint density at radius 1 is 1.09 bits per heavy atom. The lowest BCUT2D eigenvalue weighted by atomic mass is 10.1. The molecule has 1 N–H and O–H groups in total. The van der Waals surface area contributed by atoms with Gasteiger partial charge in [-0.3, -0.25) is 19.8 Å². The molecule has 2 amide bonds. The van der Waals surface area contributed by atoms with E-state index < -0.39 is 27.9 Å². The zero-order chi connectivity index (χ0) is 30.7. The fourth-order valence-corrected chi connectivity index (χ4v) is 5.83. The Bertz CT molecular complexity index is 1830. The average Bonchev–Trinajstić information content (AvgIpc) is 3.44. The van der Waals surface area contributed by atoms with Crippen LogP contribution in [0.4, 0.5) is 11.4 Å². The number of carbonyl (C=O) groups excluding carboxylic acids is 2. The van der Waals surface area contributed by atoms with E-state index in [2.05, 4.69) is 15.0 Å². The molecule has 0 spiro atoms. The number of nitrogens with zero attached hydrogens (tertiary/aromatic N) is 5. The van der Waals surface area contributed by atoms with Gasteiger partial charge in [0.25, 0.3) is 27.2 Å². The van der Waals surface area contributed by atoms with Gasteiger partial charge in [-0.05, 0) is 67.7 Å². The molecular weight excluding hydrogens is 592 g/mol. The first-order valence-electron chi connectivity index (χ1n) is 13.1. The van der Waals surface area contributed by atoms with Crippen LogP contribution >= 0.6 is 12.2 Å². The summed E-state index contributed by atoms with van der Waals surface area (Å²) in [5.74, 6) is -0.204. The van der Waals surface area contributed by atoms with Gasteiger partial charge in [0.05, 0.1) is 24.1 Å². The van der Waals surface area contributed by atoms with Gasteiger partial charge in [0, 0.05) is 5.69 Å². The lowest BCUT2D eigenvalue weighted by Gasteiger charge is -2.22. The number of carbonyl (C=O) groups is 2. The Kier molecular flexibility index (Phi) is 8.41. The highest BCUT2D eigenvalue weighted by Gasteiger charge is 2.45. The molecule has 1 fully saturated rings. The maximum Gasteiger partial charge on any atom is 0.289 e. The van der Waals surface area contributed by atoms with Crippen molar-refractivity contribution < 1.29 is 31.9 Å². The standard InChI is InChI=1S/C29H28N6O6S2/c1-19-9-15-23(16-10-19)43(38,39)31-27-25(33(2)32-41-27)18-34-24(17-26(36)30-20-11-13-22(40-3)14-12-20)28(37)35(29(34)42)21-7-5-4-6-8-21/h4-16,24H,17-18H2,1-3H3,(H,30,36)/b31-27-. The molecule has 1 aliphatic rings. The first kappa shape index (κ1) is 29.7. The summed E-state index contributed by atoms with van der Waals surface area (Å²) in [6.07, 6.45) is -0.239. The predicted octanol–water partition coefficient (Wildman–Crippen LogP) is 2.20. The highest BCUT2D eigenvalue weighted by Crippen LogP contribution is 2.28. The minimum atomic E-state index is -4.15. The summed E-state index contributed by atoms with van der Waals surface area (Å²) < 4.78 is 41.8. The topological polar surface area (TPSA) is 140 Å². The molecule has 1 saturated heterocycles. The first-order chi connectivity index (χ1) is 20.6. The van der Waals surface area contributed by atoms with Crippen LogP contribution in [0.5, 0.6) is 5.75 Å². The SMILES string of the molecule is COc1ccc(NC(=O)CC2C(=O)N(c3ccccc3)C(=S)N2Cc2/c(=N/S(=O)(=O)c3ccc(C)cc3)o[n-][n+]2C)cc1. The Morgan fingerprint density at radius 2 is 1.77 bits per heavy atom. The third-order valence-electron chi connectivity index (χ3n) is 6.81. The summed E-state index contributed by atoms with van der Waals surface area (Å²) in [5, 5.41) is 6.78. The van der Waals surface area contributed by atoms with Crippen molar-refractivity contribution in [2.75, 3.05) is 17.3 Å². The second-order valence-corrected chi connectivity index (χ2v) is 11.7. The van der Waals surface area contributed by atoms with Gasteiger partial charge >= 0.3 is 0 Å². The van der Waals surface area contributed by atoms with E-state index in [1.54, 1.807) is 79.7 Å². The molecule has 12 nitrogen and oxygen atoms in total. The van der Waals surface area contributed by atoms with E-state index in [1.807, 2.05) is 13.0 Å². The first-order valence-corrected chi connectivity index (χ1v) is 15.0. The van der Waals surface area contributed by atoms with Crippen LogP contribution in [0, 0.1) is 6.92 Å². The van der Waals surface area contributed by atoms with Crippen LogP contribution < -0.4 is 30.5 Å². The number of thiocarbonyl (C=S) groups is 1. The molecule has 14 heteroatoms. The summed E-state index contributed by atoms with van der Waals surface area (Å²) in [5.41, 5.74) is 1.92. The van der Waals surface area contributed by atoms with Crippen molar-refractivity contribution in [2.45, 2.75) is 30.8 Å². The van der Waals surface area contributed by atoms with Gasteiger partial charge in [-0.2, -0.15) is 8.42 Å². The molecule has 0 aliphatic carbocycles. The number of nitrogens with one attached hydrogen (secondary N) is 1. The lowest BCUT2D eigenvalue weighted by molar-refractivity contribution is -0.752. The van der Waals surface area contributed by atoms with Gasteiger partial charge in [0.1, 0.15) is 25.4 Å². The number of aromatic nitrogens is 2. The largest absolute Gasteiger partial charge is 0.497 e. The van der Waals surface area contributed by atoms with Crippen molar-refractivity contribution in [1.82, 2.24) is 10.2 Å². The molecule has 1 aliphatic heterocycles. The van der Waals surface area contributed by atoms with Gasteiger partial charge in [-0.25, -0.2) is 4.68 Å². The second-order valence-electron chi connectivity index (χ2n) is 9.74. The Hall–Kier alpha value is -4.82. The predicted molar refractivity (Wildman–Crippen MR) is 159 cm³/mol. The maximum absolute atomic E-state index is 13.8. The maximum atomic E-state index is 13.8. The minimum Gasteiger partial charge on any atom is -0.497 e. The summed E-state index contributed by atoms with van der Waals surface area (Å²) in [6, 6.07) is 20.8. The average molecular weight is 621 g/mol. The minimum absolute atomic E-state index is 0.0155. The van der Waals surface area contributed by atoms with E-state index >= 15 is 0 Å². The molecule has 222 valence electrons. The van der Waals surface area contributed by atoms with E-state index in [-0.39, 0.29) is 34.2 Å². The number of rotatable bonds is 9. The number of aryl methyl sites for hydroxylation is 2. The summed E-state index contributed by atoms with van der Waals surface area (Å²) in [6.45, 7) is 1.73. The van der Waals surface area contributed by atoms with Crippen molar-refractivity contribution >= 4 is 50.5 Å². The number of anilines is 2. The number of sulfonamides is 1. The monoisotopic (exact) mass is 620 g/mol. The number of hydrogen-bond acceptors (Lipinski definition) is 7. The smallest absolute Gasteiger partial charge is 0.289 e. The summed E-state index contributed by atoms with van der Waals surface area (Å²) in [4.78, 5) is 29.8. The highest BCUT2D eigenvalue weighted by molar-refractivity contribution is 7.90. The van der Waals surface area contributed by atoms with Crippen molar-refractivity contribution in [3.8, 4) is 5.75 Å². The lowest BCUT2D eigenvalue weighted by Crippen LogP contribution is -2.45. The van der Waals surface area contributed by atoms with Gasteiger partial charge < -0.3 is 19.5 Å². The van der Waals surface area contributed by atoms with Crippen LogP contribution in [0.1, 0.15) is 17.7 Å². The molecule has 0 radical (unpaired) electrons. The van der Waals surface area contributed by atoms with E-state index in [1.165, 1.54) is 21.7 Å². The fraction of sp³-hybridized carbons (Fsp3) is 0.207. The van der Waals surface area contributed by atoms with Crippen LogP contribution in [-0.2, 0) is 33.2 Å². The molecule has 1 unspecified atom stereocenters. The molecule has 4 aromatic rings. The summed E-state index contributed by atoms with van der Waals surface area (Å²) in [7, 11) is -1.05. The van der Waals surface area contributed by atoms with Crippen molar-refractivity contribution in [3.63, 3.8) is 0 Å². The Morgan fingerprint density at radius 3 is 2.42 bits per heavy atom. The van der Waals surface area contributed by atoms with Crippen LogP contribution in [0.25, 0.3) is 0 Å². The van der Waals surface area contributed by atoms with E-state index in [0.717, 1.165) is 5.56 Å². The van der Waals surface area contributed by atoms with Crippen LogP contribution in [0.15, 0.2) is 92.7 Å². The molecule has 1 atom stereocenters. The molecule has 3 aromatic carbocycles. The molecule has 0 saturated carbocycles. The molecule has 43 heavy (non-hydrogen) atoms. The Labute approximate surface area is 253 Å². The molecule has 0 bridgehead atoms. The number of methoxy groups -OCH3 is 1. The molecule has 1 aromatic heterocycles. The highest BCUT2D eigenvalue weighted by atomic mass is 32.2. The Balaban J connectivity index is 1.47. The van der Waals surface area contributed by atoms with E-state index in [9.17, 15) is 18.0 Å². The number of amides is 2. The third-order valence-corrected chi connectivity index (χ3v) is 8.51. The third kappa shape index (κ3) is 6.34. The van der Waals surface area contributed by atoms with Crippen LogP contribution in [0.3, 0.4) is 0 Å². The van der Waals surface area contributed by atoms with Crippen molar-refractivity contribution in [3.05, 3.63) is 95.7 Å². The summed E-state index contributed by atoms with van der Waals surface area (Å²) >= 11 is 5.74. The van der Waals surface area contributed by atoms with Gasteiger partial charge in [0.15, 0.2) is 5.11 Å². The quantitative estimate of drug-likeness (QED) is 0.220. The van der Waals surface area contributed by atoms with Crippen LogP contribution in [0.2, 0.25) is 0 Å².